The lowest BCUT2D eigenvalue weighted by atomic mass is 10.00. The molecule has 3 amide bonds. The number of hydrazine groups is 1. The summed E-state index contributed by atoms with van der Waals surface area (Å²) < 4.78 is 5.13. The molecule has 1 aliphatic heterocycles. The van der Waals surface area contributed by atoms with E-state index >= 15 is 0 Å². The number of hydrogen-bond acceptors (Lipinski definition) is 6. The maximum Gasteiger partial charge on any atom is 0.374 e. The molecule has 2 aromatic carbocycles. The number of nitrogens with zero attached hydrogens (tertiary/aromatic N) is 3. The molecule has 0 saturated carbocycles. The van der Waals surface area contributed by atoms with Crippen LogP contribution in [0.4, 0.5) is 0 Å². The van der Waals surface area contributed by atoms with E-state index in [9.17, 15) is 29.1 Å². The Morgan fingerprint density at radius 1 is 1.00 bits per heavy atom. The highest BCUT2D eigenvalue weighted by atomic mass is 16.5. The molecule has 2 aromatic rings. The van der Waals surface area contributed by atoms with Gasteiger partial charge in [-0.3, -0.25) is 19.2 Å². The number of carbonyl (C=O) groups is 5. The number of ether oxygens (including phenoxy) is 1. The van der Waals surface area contributed by atoms with Crippen LogP contribution in [0.2, 0.25) is 0 Å². The molecule has 1 aliphatic rings. The highest BCUT2D eigenvalue weighted by Gasteiger charge is 2.45. The third kappa shape index (κ3) is 6.10. The number of carboxylic acids is 1. The summed E-state index contributed by atoms with van der Waals surface area (Å²) in [5, 5.41) is 11.5. The third-order valence-corrected chi connectivity index (χ3v) is 5.97. The van der Waals surface area contributed by atoms with Gasteiger partial charge in [0.15, 0.2) is 0 Å². The standard InChI is InChI=1S/C27H29N3O7/c1-18(31)28-17-24(21-12-8-5-9-13-21)30(26(34)22(28)14-15-37-3)29(19(2)32)23(25(33)27(35)36)16-20-10-6-4-7-11-20/h4-13,17,22-23H,14-16H2,1-3H3,(H,35,36)/t22?,23-/m0/s1. The van der Waals surface area contributed by atoms with Crippen LogP contribution in [0.25, 0.3) is 5.70 Å². The Bertz CT molecular complexity index is 1200. The first-order valence-corrected chi connectivity index (χ1v) is 11.7. The molecule has 10 heteroatoms. The van der Waals surface area contributed by atoms with Crippen LogP contribution in [0.1, 0.15) is 31.4 Å². The molecular formula is C27H29N3O7. The van der Waals surface area contributed by atoms with Gasteiger partial charge in [-0.15, -0.1) is 0 Å². The minimum absolute atomic E-state index is 0.117. The van der Waals surface area contributed by atoms with Crippen molar-refractivity contribution in [2.24, 2.45) is 0 Å². The summed E-state index contributed by atoms with van der Waals surface area (Å²) >= 11 is 0. The molecule has 0 bridgehead atoms. The van der Waals surface area contributed by atoms with Crippen molar-refractivity contribution in [1.29, 1.82) is 0 Å². The van der Waals surface area contributed by atoms with Gasteiger partial charge in [-0.05, 0) is 5.56 Å². The SMILES string of the molecule is COCCC1C(=O)N(N(C(C)=O)[C@@H](Cc2ccccc2)C(=O)C(=O)O)C(c2ccccc2)=CN1C(C)=O. The van der Waals surface area contributed by atoms with E-state index in [1.165, 1.54) is 25.1 Å². The first-order chi connectivity index (χ1) is 17.7. The summed E-state index contributed by atoms with van der Waals surface area (Å²) in [7, 11) is 1.46. The van der Waals surface area contributed by atoms with E-state index in [-0.39, 0.29) is 25.1 Å². The first-order valence-electron chi connectivity index (χ1n) is 11.7. The normalized spacial score (nSPS) is 16.1. The topological polar surface area (TPSA) is 125 Å². The molecular weight excluding hydrogens is 478 g/mol. The van der Waals surface area contributed by atoms with Crippen molar-refractivity contribution >= 4 is 35.2 Å². The van der Waals surface area contributed by atoms with Crippen molar-refractivity contribution in [2.75, 3.05) is 13.7 Å². The van der Waals surface area contributed by atoms with Crippen LogP contribution in [0.3, 0.4) is 0 Å². The van der Waals surface area contributed by atoms with Crippen LogP contribution >= 0.6 is 0 Å². The number of hydrogen-bond donors (Lipinski definition) is 1. The second-order valence-corrected chi connectivity index (χ2v) is 8.49. The summed E-state index contributed by atoms with van der Waals surface area (Å²) in [5.74, 6) is -4.77. The van der Waals surface area contributed by atoms with Gasteiger partial charge in [0.1, 0.15) is 12.1 Å². The Hall–Kier alpha value is -4.31. The lowest BCUT2D eigenvalue weighted by molar-refractivity contribution is -0.170. The zero-order chi connectivity index (χ0) is 27.1. The average molecular weight is 508 g/mol. The van der Waals surface area contributed by atoms with E-state index in [0.29, 0.717) is 11.1 Å². The molecule has 194 valence electrons. The van der Waals surface area contributed by atoms with Crippen molar-refractivity contribution < 1.29 is 33.8 Å². The second kappa shape index (κ2) is 12.1. The summed E-state index contributed by atoms with van der Waals surface area (Å²) in [6.07, 6.45) is 1.42. The van der Waals surface area contributed by atoms with E-state index in [4.69, 9.17) is 4.74 Å². The van der Waals surface area contributed by atoms with Gasteiger partial charge in [-0.1, -0.05) is 60.7 Å². The Morgan fingerprint density at radius 3 is 2.11 bits per heavy atom. The number of Topliss-reactive ketones (excluding diaryl/α,β-unsaturated/α-hetero) is 1. The van der Waals surface area contributed by atoms with Crippen molar-refractivity contribution in [3.05, 3.63) is 78.0 Å². The highest BCUT2D eigenvalue weighted by Crippen LogP contribution is 2.32. The maximum atomic E-state index is 14.0. The molecule has 0 spiro atoms. The Balaban J connectivity index is 2.23. The molecule has 0 radical (unpaired) electrons. The molecule has 2 atom stereocenters. The summed E-state index contributed by atoms with van der Waals surface area (Å²) in [6, 6.07) is 14.6. The number of benzene rings is 2. The first kappa shape index (κ1) is 27.3. The van der Waals surface area contributed by atoms with E-state index in [1.54, 1.807) is 60.7 Å². The number of ketones is 1. The van der Waals surface area contributed by atoms with Gasteiger partial charge >= 0.3 is 5.97 Å². The van der Waals surface area contributed by atoms with Crippen LogP contribution in [-0.2, 0) is 35.1 Å². The molecule has 1 unspecified atom stereocenters. The van der Waals surface area contributed by atoms with Crippen LogP contribution in [0.5, 0.6) is 0 Å². The molecule has 0 aromatic heterocycles. The number of methoxy groups -OCH3 is 1. The average Bonchev–Trinajstić information content (AvgIpc) is 2.88. The highest BCUT2D eigenvalue weighted by molar-refractivity contribution is 6.35. The van der Waals surface area contributed by atoms with Crippen molar-refractivity contribution in [1.82, 2.24) is 14.9 Å². The van der Waals surface area contributed by atoms with Crippen LogP contribution < -0.4 is 0 Å². The Morgan fingerprint density at radius 2 is 1.59 bits per heavy atom. The number of carboxylic acid groups (broad SMARTS) is 1. The molecule has 0 saturated heterocycles. The fraction of sp³-hybridized carbons (Fsp3) is 0.296. The lowest BCUT2D eigenvalue weighted by Gasteiger charge is -2.45. The fourth-order valence-corrected chi connectivity index (χ4v) is 4.26. The van der Waals surface area contributed by atoms with E-state index in [2.05, 4.69) is 0 Å². The van der Waals surface area contributed by atoms with Gasteiger partial charge in [0.05, 0.1) is 5.70 Å². The second-order valence-electron chi connectivity index (χ2n) is 8.49. The molecule has 10 nitrogen and oxygen atoms in total. The van der Waals surface area contributed by atoms with E-state index < -0.39 is 41.6 Å². The largest absolute Gasteiger partial charge is 0.475 e. The predicted molar refractivity (Wildman–Crippen MR) is 133 cm³/mol. The Kier molecular flexibility index (Phi) is 8.91. The van der Waals surface area contributed by atoms with Crippen LogP contribution in [-0.4, -0.2) is 75.3 Å². The predicted octanol–water partition coefficient (Wildman–Crippen LogP) is 2.11. The molecule has 1 heterocycles. The van der Waals surface area contributed by atoms with Gasteiger partial charge in [0.25, 0.3) is 11.7 Å². The number of carbonyl (C=O) groups excluding carboxylic acids is 4. The van der Waals surface area contributed by atoms with Gasteiger partial charge < -0.3 is 14.7 Å². The summed E-state index contributed by atoms with van der Waals surface area (Å²) in [6.45, 7) is 2.62. The summed E-state index contributed by atoms with van der Waals surface area (Å²) in [4.78, 5) is 65.7. The lowest BCUT2D eigenvalue weighted by Crippen LogP contribution is -2.63. The van der Waals surface area contributed by atoms with Gasteiger partial charge in [0, 0.05) is 52.2 Å². The molecule has 37 heavy (non-hydrogen) atoms. The van der Waals surface area contributed by atoms with E-state index in [1.807, 2.05) is 0 Å². The van der Waals surface area contributed by atoms with Gasteiger partial charge in [0.2, 0.25) is 11.8 Å². The minimum atomic E-state index is -1.73. The molecule has 0 fully saturated rings. The van der Waals surface area contributed by atoms with Crippen LogP contribution in [0, 0.1) is 0 Å². The van der Waals surface area contributed by atoms with Gasteiger partial charge in [-0.2, -0.15) is 0 Å². The Labute approximate surface area is 214 Å². The van der Waals surface area contributed by atoms with Crippen molar-refractivity contribution in [2.45, 2.75) is 38.8 Å². The van der Waals surface area contributed by atoms with Crippen molar-refractivity contribution in [3.8, 4) is 0 Å². The van der Waals surface area contributed by atoms with E-state index in [0.717, 1.165) is 16.9 Å². The summed E-state index contributed by atoms with van der Waals surface area (Å²) in [5.41, 5.74) is 1.24. The smallest absolute Gasteiger partial charge is 0.374 e. The minimum Gasteiger partial charge on any atom is -0.475 e. The molecule has 0 aliphatic carbocycles. The molecule has 3 rings (SSSR count). The zero-order valence-corrected chi connectivity index (χ0v) is 20.9. The monoisotopic (exact) mass is 507 g/mol. The number of rotatable bonds is 10. The maximum absolute atomic E-state index is 14.0. The zero-order valence-electron chi connectivity index (χ0n) is 20.9. The van der Waals surface area contributed by atoms with Crippen LogP contribution in [0.15, 0.2) is 66.9 Å². The third-order valence-electron chi connectivity index (χ3n) is 5.97. The molecule has 1 N–H and O–H groups in total. The quantitative estimate of drug-likeness (QED) is 0.489. The fourth-order valence-electron chi connectivity index (χ4n) is 4.26. The number of amides is 3. The van der Waals surface area contributed by atoms with Crippen molar-refractivity contribution in [3.63, 3.8) is 0 Å². The number of aliphatic carboxylic acids is 1. The van der Waals surface area contributed by atoms with Gasteiger partial charge in [-0.25, -0.2) is 14.8 Å².